The Morgan fingerprint density at radius 1 is 0.959 bits per heavy atom. The molecule has 0 N–H and O–H groups in total. The lowest BCUT2D eigenvalue weighted by atomic mass is 9.79. The van der Waals surface area contributed by atoms with Crippen LogP contribution >= 0.6 is 0 Å². The van der Waals surface area contributed by atoms with Crippen molar-refractivity contribution in [2.24, 2.45) is 16.8 Å². The van der Waals surface area contributed by atoms with Gasteiger partial charge in [0.25, 0.3) is 0 Å². The lowest BCUT2D eigenvalue weighted by Crippen LogP contribution is -2.47. The second-order valence-electron chi connectivity index (χ2n) is 13.2. The smallest absolute Gasteiger partial charge is 0.203 e. The van der Waals surface area contributed by atoms with Gasteiger partial charge < -0.3 is 33.3 Å². The summed E-state index contributed by atoms with van der Waals surface area (Å²) < 4.78 is 34.1. The van der Waals surface area contributed by atoms with E-state index in [2.05, 4.69) is 59.0 Å². The van der Waals surface area contributed by atoms with Gasteiger partial charge in [-0.05, 0) is 92.9 Å². The maximum absolute atomic E-state index is 5.92. The van der Waals surface area contributed by atoms with Gasteiger partial charge in [-0.2, -0.15) is 0 Å². The van der Waals surface area contributed by atoms with E-state index in [1.54, 1.807) is 42.7 Å². The van der Waals surface area contributed by atoms with Crippen molar-refractivity contribution in [2.45, 2.75) is 57.9 Å². The number of aromatic nitrogens is 1. The Morgan fingerprint density at radius 3 is 2.27 bits per heavy atom. The van der Waals surface area contributed by atoms with Gasteiger partial charge in [-0.1, -0.05) is 19.9 Å². The Kier molecular flexibility index (Phi) is 12.2. The molecule has 266 valence electrons. The van der Waals surface area contributed by atoms with Gasteiger partial charge in [-0.3, -0.25) is 14.9 Å². The third kappa shape index (κ3) is 7.88. The Labute approximate surface area is 292 Å². The number of piperidine rings is 1. The normalized spacial score (nSPS) is 24.7. The van der Waals surface area contributed by atoms with Gasteiger partial charge in [0.05, 0.1) is 39.8 Å². The molecule has 2 aromatic rings. The number of nitrogens with zero attached hydrogens (tertiary/aromatic N) is 4. The van der Waals surface area contributed by atoms with E-state index in [1.807, 2.05) is 31.5 Å². The summed E-state index contributed by atoms with van der Waals surface area (Å²) >= 11 is 0. The molecule has 0 saturated carbocycles. The Morgan fingerprint density at radius 2 is 1.67 bits per heavy atom. The highest BCUT2D eigenvalue weighted by Crippen LogP contribution is 2.41. The number of aliphatic imine (C=N–C) groups is 1. The molecule has 10 heteroatoms. The maximum atomic E-state index is 5.92. The molecule has 3 aliphatic rings. The molecule has 0 amide bonds. The summed E-state index contributed by atoms with van der Waals surface area (Å²) in [5.74, 6) is 3.17. The van der Waals surface area contributed by atoms with Crippen molar-refractivity contribution < 1.29 is 28.4 Å². The summed E-state index contributed by atoms with van der Waals surface area (Å²) in [5.41, 5.74) is 4.50. The van der Waals surface area contributed by atoms with Crippen molar-refractivity contribution in [3.8, 4) is 28.5 Å². The number of likely N-dealkylation sites (tertiary alicyclic amines) is 1. The van der Waals surface area contributed by atoms with E-state index in [0.717, 1.165) is 73.9 Å². The van der Waals surface area contributed by atoms with Gasteiger partial charge in [-0.25, -0.2) is 0 Å². The molecule has 1 aromatic carbocycles. The second-order valence-corrected chi connectivity index (χ2v) is 13.2. The number of allylic oxidation sites excluding steroid dienone is 2. The molecule has 10 nitrogen and oxygen atoms in total. The number of hydrogen-bond donors (Lipinski definition) is 0. The van der Waals surface area contributed by atoms with Crippen LogP contribution in [0.25, 0.3) is 11.3 Å². The fraction of sp³-hybridized carbons (Fsp3) is 0.538. The number of pyridine rings is 1. The van der Waals surface area contributed by atoms with E-state index in [-0.39, 0.29) is 12.0 Å². The summed E-state index contributed by atoms with van der Waals surface area (Å²) in [5, 5.41) is 0. The molecule has 0 spiro atoms. The van der Waals surface area contributed by atoms with Gasteiger partial charge in [0.15, 0.2) is 11.5 Å². The van der Waals surface area contributed by atoms with Crippen LogP contribution in [0.5, 0.6) is 17.2 Å². The first-order valence-electron chi connectivity index (χ1n) is 17.2. The molecule has 4 atom stereocenters. The molecular weight excluding hydrogens is 620 g/mol. The zero-order valence-electron chi connectivity index (χ0n) is 30.7. The van der Waals surface area contributed by atoms with Crippen LogP contribution in [0.2, 0.25) is 0 Å². The van der Waals surface area contributed by atoms with Crippen molar-refractivity contribution in [3.05, 3.63) is 71.8 Å². The van der Waals surface area contributed by atoms with E-state index < -0.39 is 5.60 Å². The van der Waals surface area contributed by atoms with Crippen molar-refractivity contribution >= 4 is 5.71 Å². The summed E-state index contributed by atoms with van der Waals surface area (Å²) in [4.78, 5) is 14.8. The first kappa shape index (κ1) is 36.6. The van der Waals surface area contributed by atoms with Crippen LogP contribution in [0.4, 0.5) is 0 Å². The molecule has 1 aliphatic carbocycles. The Bertz CT molecular complexity index is 1540. The summed E-state index contributed by atoms with van der Waals surface area (Å²) in [6.45, 7) is 11.6. The molecule has 1 aromatic heterocycles. The third-order valence-electron chi connectivity index (χ3n) is 10.5. The number of ether oxygens (including phenoxy) is 6. The van der Waals surface area contributed by atoms with Gasteiger partial charge in [0, 0.05) is 57.2 Å². The predicted molar refractivity (Wildman–Crippen MR) is 193 cm³/mol. The van der Waals surface area contributed by atoms with Crippen LogP contribution in [0.1, 0.15) is 39.2 Å². The van der Waals surface area contributed by atoms with Crippen molar-refractivity contribution in [1.29, 1.82) is 0 Å². The van der Waals surface area contributed by atoms with Gasteiger partial charge >= 0.3 is 0 Å². The molecule has 2 aliphatic heterocycles. The van der Waals surface area contributed by atoms with Crippen molar-refractivity contribution in [2.75, 3.05) is 68.8 Å². The Hall–Kier alpha value is -3.70. The minimum Gasteiger partial charge on any atom is -0.498 e. The summed E-state index contributed by atoms with van der Waals surface area (Å²) in [7, 11) is 9.95. The highest BCUT2D eigenvalue weighted by Gasteiger charge is 2.41. The minimum absolute atomic E-state index is 0.252. The lowest BCUT2D eigenvalue weighted by molar-refractivity contribution is -0.0785. The largest absolute Gasteiger partial charge is 0.498 e. The molecule has 1 fully saturated rings. The first-order chi connectivity index (χ1) is 23.7. The molecular formula is C39H54N4O6. The minimum atomic E-state index is -0.648. The van der Waals surface area contributed by atoms with E-state index in [1.165, 1.54) is 5.56 Å². The highest BCUT2D eigenvalue weighted by molar-refractivity contribution is 6.05. The quantitative estimate of drug-likeness (QED) is 0.234. The molecule has 0 bridgehead atoms. The van der Waals surface area contributed by atoms with Crippen LogP contribution in [0, 0.1) is 11.8 Å². The van der Waals surface area contributed by atoms with Gasteiger partial charge in [0.1, 0.15) is 17.5 Å². The molecule has 49 heavy (non-hydrogen) atoms. The zero-order valence-corrected chi connectivity index (χ0v) is 30.7. The SMILES string of the molecule is CCN(Cc1ccnc(-c2cc(OC)c(OC)c(OC)c2)c1)C1CCN(CC2C=CN=C(C3=CC(C)(OC)C(OC)C(OC)=C3)C2C)CC1. The van der Waals surface area contributed by atoms with Crippen LogP contribution in [0.15, 0.2) is 71.2 Å². The van der Waals surface area contributed by atoms with E-state index in [9.17, 15) is 0 Å². The number of benzene rings is 1. The number of rotatable bonds is 14. The number of hydrogen-bond acceptors (Lipinski definition) is 10. The first-order valence-corrected chi connectivity index (χ1v) is 17.2. The fourth-order valence-electron chi connectivity index (χ4n) is 7.50. The van der Waals surface area contributed by atoms with Crippen molar-refractivity contribution in [3.63, 3.8) is 0 Å². The summed E-state index contributed by atoms with van der Waals surface area (Å²) in [6, 6.07) is 8.72. The topological polar surface area (TPSA) is 87.1 Å². The number of methoxy groups -OCH3 is 6. The maximum Gasteiger partial charge on any atom is 0.203 e. The van der Waals surface area contributed by atoms with E-state index >= 15 is 0 Å². The van der Waals surface area contributed by atoms with Crippen LogP contribution < -0.4 is 14.2 Å². The monoisotopic (exact) mass is 674 g/mol. The molecule has 4 unspecified atom stereocenters. The van der Waals surface area contributed by atoms with Crippen molar-refractivity contribution in [1.82, 2.24) is 14.8 Å². The van der Waals surface area contributed by atoms with E-state index in [0.29, 0.717) is 29.2 Å². The fourth-order valence-corrected chi connectivity index (χ4v) is 7.50. The standard InChI is InChI=1S/C39H54N4O6/c1-10-43(24-27-11-15-40-32(19-27)29-20-33(44-4)37(47-7)34(21-29)45-5)31-13-17-42(18-14-31)25-28-12-16-41-36(26(28)2)30-22-35(46-6)38(48-8)39(3,23-30)49-9/h11-12,15-16,19-23,26,28,31,38H,10,13-14,17-18,24-25H2,1-9H3. The molecule has 1 saturated heterocycles. The zero-order chi connectivity index (χ0) is 35.1. The summed E-state index contributed by atoms with van der Waals surface area (Å²) in [6.07, 6.45) is 12.3. The lowest BCUT2D eigenvalue weighted by Gasteiger charge is -2.40. The molecule has 3 heterocycles. The van der Waals surface area contributed by atoms with Crippen LogP contribution in [0.3, 0.4) is 0 Å². The second kappa shape index (κ2) is 16.3. The van der Waals surface area contributed by atoms with Crippen LogP contribution in [-0.2, 0) is 20.8 Å². The predicted octanol–water partition coefficient (Wildman–Crippen LogP) is 6.17. The van der Waals surface area contributed by atoms with Gasteiger partial charge in [0.2, 0.25) is 5.75 Å². The highest BCUT2D eigenvalue weighted by atomic mass is 16.6. The Balaban J connectivity index is 1.21. The average molecular weight is 675 g/mol. The van der Waals surface area contributed by atoms with Gasteiger partial charge in [-0.15, -0.1) is 0 Å². The van der Waals surface area contributed by atoms with E-state index in [4.69, 9.17) is 33.4 Å². The molecule has 5 rings (SSSR count). The molecule has 0 radical (unpaired) electrons. The average Bonchev–Trinajstić information content (AvgIpc) is 3.14. The third-order valence-corrected chi connectivity index (χ3v) is 10.5. The van der Waals surface area contributed by atoms with Crippen LogP contribution in [-0.4, -0.2) is 107 Å².